The van der Waals surface area contributed by atoms with Crippen molar-refractivity contribution >= 4 is 23.3 Å². The van der Waals surface area contributed by atoms with Gasteiger partial charge >= 0.3 is 5.97 Å². The Morgan fingerprint density at radius 2 is 2.00 bits per heavy atom. The van der Waals surface area contributed by atoms with Crippen LogP contribution >= 0.6 is 0 Å². The largest absolute Gasteiger partial charge is 0.481 e. The van der Waals surface area contributed by atoms with Gasteiger partial charge in [0.1, 0.15) is 0 Å². The first-order valence-corrected chi connectivity index (χ1v) is 6.67. The first kappa shape index (κ1) is 15.0. The van der Waals surface area contributed by atoms with Gasteiger partial charge in [-0.2, -0.15) is 0 Å². The van der Waals surface area contributed by atoms with Crippen molar-refractivity contribution in [3.8, 4) is 0 Å². The highest BCUT2D eigenvalue weighted by molar-refractivity contribution is 5.94. The third-order valence-corrected chi connectivity index (χ3v) is 3.84. The van der Waals surface area contributed by atoms with Crippen LogP contribution in [0.3, 0.4) is 0 Å². The zero-order valence-electron chi connectivity index (χ0n) is 11.5. The summed E-state index contributed by atoms with van der Waals surface area (Å²) >= 11 is 0. The highest BCUT2D eigenvalue weighted by Gasteiger charge is 2.34. The van der Waals surface area contributed by atoms with E-state index in [9.17, 15) is 19.7 Å². The molecule has 2 atom stereocenters. The van der Waals surface area contributed by atoms with E-state index in [0.29, 0.717) is 24.9 Å². The molecule has 0 saturated heterocycles. The molecule has 112 valence electrons. The molecule has 21 heavy (non-hydrogen) atoms. The first-order valence-electron chi connectivity index (χ1n) is 6.67. The van der Waals surface area contributed by atoms with E-state index in [1.165, 1.54) is 12.1 Å². The molecule has 1 saturated carbocycles. The number of rotatable bonds is 4. The lowest BCUT2D eigenvalue weighted by Gasteiger charge is -2.12. The maximum absolute atomic E-state index is 12.1. The number of nitro benzene ring substituents is 1. The van der Waals surface area contributed by atoms with E-state index in [0.717, 1.165) is 5.56 Å². The molecule has 2 N–H and O–H groups in total. The Morgan fingerprint density at radius 3 is 2.57 bits per heavy atom. The van der Waals surface area contributed by atoms with Crippen molar-refractivity contribution in [2.24, 2.45) is 11.8 Å². The first-order chi connectivity index (χ1) is 9.88. The molecule has 1 amide bonds. The van der Waals surface area contributed by atoms with E-state index >= 15 is 0 Å². The Kier molecular flexibility index (Phi) is 4.21. The highest BCUT2D eigenvalue weighted by Crippen LogP contribution is 2.32. The second kappa shape index (κ2) is 5.90. The fraction of sp³-hybridized carbons (Fsp3) is 0.429. The van der Waals surface area contributed by atoms with Gasteiger partial charge in [0.2, 0.25) is 5.91 Å². The smallest absolute Gasteiger partial charge is 0.306 e. The number of aliphatic carboxylic acids is 1. The van der Waals surface area contributed by atoms with Crippen molar-refractivity contribution in [3.63, 3.8) is 0 Å². The number of hydrogen-bond donors (Lipinski definition) is 2. The number of nitrogens with zero attached hydrogens (tertiary/aromatic N) is 1. The molecule has 0 heterocycles. The molecule has 1 aromatic carbocycles. The standard InChI is InChI=1S/C14H16N2O5/c1-8-2-5-11(16(20)21)7-12(8)15-13(17)9-3-4-10(6-9)14(18)19/h2,5,7,9-10H,3-4,6H2,1H3,(H,15,17)(H,18,19)/t9-,10+/m1/s1. The number of nitrogens with one attached hydrogen (secondary N) is 1. The number of non-ortho nitro benzene ring substituents is 1. The molecule has 2 rings (SSSR count). The van der Waals surface area contributed by atoms with Crippen LogP contribution in [-0.4, -0.2) is 21.9 Å². The van der Waals surface area contributed by atoms with Crippen molar-refractivity contribution in [2.45, 2.75) is 26.2 Å². The molecular weight excluding hydrogens is 276 g/mol. The molecule has 0 bridgehead atoms. The summed E-state index contributed by atoms with van der Waals surface area (Å²) in [6.07, 6.45) is 1.33. The second-order valence-corrected chi connectivity index (χ2v) is 5.29. The molecule has 1 aromatic rings. The Labute approximate surface area is 121 Å². The number of amides is 1. The van der Waals surface area contributed by atoms with Crippen molar-refractivity contribution in [1.82, 2.24) is 0 Å². The molecule has 1 fully saturated rings. The molecule has 1 aliphatic carbocycles. The SMILES string of the molecule is Cc1ccc([N+](=O)[O-])cc1NC(=O)[C@@H]1CC[C@H](C(=O)O)C1. The summed E-state index contributed by atoms with van der Waals surface area (Å²) in [5.74, 6) is -1.99. The third-order valence-electron chi connectivity index (χ3n) is 3.84. The maximum Gasteiger partial charge on any atom is 0.306 e. The summed E-state index contributed by atoms with van der Waals surface area (Å²) in [4.78, 5) is 33.3. The van der Waals surface area contributed by atoms with Gasteiger partial charge < -0.3 is 10.4 Å². The summed E-state index contributed by atoms with van der Waals surface area (Å²) in [6, 6.07) is 4.26. The minimum atomic E-state index is -0.878. The van der Waals surface area contributed by atoms with Gasteiger partial charge in [-0.1, -0.05) is 6.07 Å². The van der Waals surface area contributed by atoms with Crippen LogP contribution in [-0.2, 0) is 9.59 Å². The topological polar surface area (TPSA) is 110 Å². The van der Waals surface area contributed by atoms with Crippen LogP contribution in [0.1, 0.15) is 24.8 Å². The molecule has 0 aliphatic heterocycles. The van der Waals surface area contributed by atoms with E-state index in [-0.39, 0.29) is 17.5 Å². The molecule has 0 unspecified atom stereocenters. The number of nitro groups is 1. The number of carboxylic acid groups (broad SMARTS) is 1. The highest BCUT2D eigenvalue weighted by atomic mass is 16.6. The second-order valence-electron chi connectivity index (χ2n) is 5.29. The maximum atomic E-state index is 12.1. The van der Waals surface area contributed by atoms with Gasteiger partial charge in [-0.3, -0.25) is 19.7 Å². The molecule has 1 aliphatic rings. The van der Waals surface area contributed by atoms with E-state index < -0.39 is 16.8 Å². The molecule has 0 aromatic heterocycles. The van der Waals surface area contributed by atoms with Crippen molar-refractivity contribution in [3.05, 3.63) is 33.9 Å². The molecule has 7 heteroatoms. The normalized spacial score (nSPS) is 21.0. The molecule has 7 nitrogen and oxygen atoms in total. The summed E-state index contributed by atoms with van der Waals surface area (Å²) in [5, 5.41) is 22.4. The zero-order chi connectivity index (χ0) is 15.6. The zero-order valence-corrected chi connectivity index (χ0v) is 11.5. The minimum Gasteiger partial charge on any atom is -0.481 e. The van der Waals surface area contributed by atoms with Gasteiger partial charge in [-0.25, -0.2) is 0 Å². The van der Waals surface area contributed by atoms with Crippen LogP contribution in [0.2, 0.25) is 0 Å². The average molecular weight is 292 g/mol. The average Bonchev–Trinajstić information content (AvgIpc) is 2.90. The number of hydrogen-bond acceptors (Lipinski definition) is 4. The summed E-state index contributed by atoms with van der Waals surface area (Å²) in [7, 11) is 0. The van der Waals surface area contributed by atoms with Crippen molar-refractivity contribution in [1.29, 1.82) is 0 Å². The summed E-state index contributed by atoms with van der Waals surface area (Å²) < 4.78 is 0. The van der Waals surface area contributed by atoms with Gasteiger partial charge in [-0.15, -0.1) is 0 Å². The predicted molar refractivity (Wildman–Crippen MR) is 74.9 cm³/mol. The van der Waals surface area contributed by atoms with Gasteiger partial charge in [0.05, 0.1) is 16.5 Å². The fourth-order valence-corrected chi connectivity index (χ4v) is 2.54. The van der Waals surface area contributed by atoms with E-state index in [4.69, 9.17) is 5.11 Å². The van der Waals surface area contributed by atoms with E-state index in [1.807, 2.05) is 0 Å². The lowest BCUT2D eigenvalue weighted by Crippen LogP contribution is -2.22. The number of anilines is 1. The van der Waals surface area contributed by atoms with Crippen LogP contribution in [0.5, 0.6) is 0 Å². The predicted octanol–water partition coefficient (Wildman–Crippen LogP) is 2.34. The summed E-state index contributed by atoms with van der Waals surface area (Å²) in [6.45, 7) is 1.74. The number of benzene rings is 1. The van der Waals surface area contributed by atoms with E-state index in [1.54, 1.807) is 13.0 Å². The van der Waals surface area contributed by atoms with Crippen LogP contribution < -0.4 is 5.32 Å². The Hall–Kier alpha value is -2.44. The van der Waals surface area contributed by atoms with Gasteiger partial charge in [0.15, 0.2) is 0 Å². The lowest BCUT2D eigenvalue weighted by molar-refractivity contribution is -0.384. The quantitative estimate of drug-likeness (QED) is 0.653. The molecule has 0 radical (unpaired) electrons. The van der Waals surface area contributed by atoms with E-state index in [2.05, 4.69) is 5.32 Å². The molecular formula is C14H16N2O5. The van der Waals surface area contributed by atoms with Crippen LogP contribution in [0, 0.1) is 28.9 Å². The lowest BCUT2D eigenvalue weighted by atomic mass is 10.0. The van der Waals surface area contributed by atoms with Gasteiger partial charge in [0, 0.05) is 18.1 Å². The Morgan fingerprint density at radius 1 is 1.33 bits per heavy atom. The van der Waals surface area contributed by atoms with Crippen LogP contribution in [0.25, 0.3) is 0 Å². The molecule has 0 spiro atoms. The number of carbonyl (C=O) groups excluding carboxylic acids is 1. The number of carbonyl (C=O) groups is 2. The van der Waals surface area contributed by atoms with Gasteiger partial charge in [-0.05, 0) is 31.7 Å². The van der Waals surface area contributed by atoms with Crippen LogP contribution in [0.4, 0.5) is 11.4 Å². The monoisotopic (exact) mass is 292 g/mol. The van der Waals surface area contributed by atoms with Crippen molar-refractivity contribution in [2.75, 3.05) is 5.32 Å². The Balaban J connectivity index is 2.08. The Bertz CT molecular complexity index is 599. The number of aryl methyl sites for hydroxylation is 1. The third kappa shape index (κ3) is 3.36. The summed E-state index contributed by atoms with van der Waals surface area (Å²) in [5.41, 5.74) is 1.03. The van der Waals surface area contributed by atoms with Gasteiger partial charge in [0.25, 0.3) is 5.69 Å². The number of carboxylic acids is 1. The van der Waals surface area contributed by atoms with Crippen molar-refractivity contribution < 1.29 is 19.6 Å². The van der Waals surface area contributed by atoms with Crippen LogP contribution in [0.15, 0.2) is 18.2 Å². The minimum absolute atomic E-state index is 0.0919. The fourth-order valence-electron chi connectivity index (χ4n) is 2.54.